The maximum Gasteiger partial charge on any atom is 0.407 e. The average molecular weight is 943 g/mol. The van der Waals surface area contributed by atoms with Gasteiger partial charge < -0.3 is 80.1 Å². The summed E-state index contributed by atoms with van der Waals surface area (Å²) in [6, 6.07) is -2.83. The number of ether oxygens (including phenoxy) is 2. The molecular weight excluding hydrogens is 885 g/mol. The van der Waals surface area contributed by atoms with Crippen LogP contribution < -0.4 is 31.9 Å². The van der Waals surface area contributed by atoms with Crippen molar-refractivity contribution in [3.8, 4) is 0 Å². The van der Waals surface area contributed by atoms with Gasteiger partial charge in [0, 0.05) is 64.5 Å². The van der Waals surface area contributed by atoms with Gasteiger partial charge in [-0.3, -0.25) is 0 Å². The summed E-state index contributed by atoms with van der Waals surface area (Å²) in [6.07, 6.45) is 8.82. The normalized spacial score (nSPS) is 25.9. The van der Waals surface area contributed by atoms with Crippen molar-refractivity contribution >= 4 is 58.0 Å². The number of fused-ring (bicyclic) bond motifs is 2. The van der Waals surface area contributed by atoms with E-state index in [4.69, 9.17) is 39.4 Å². The van der Waals surface area contributed by atoms with Crippen molar-refractivity contribution in [3.05, 3.63) is 49.1 Å². The highest BCUT2D eigenvalue weighted by molar-refractivity contribution is 5.85. The summed E-state index contributed by atoms with van der Waals surface area (Å²) < 4.78 is 16.7. The fourth-order valence-electron chi connectivity index (χ4n) is 9.52. The van der Waals surface area contributed by atoms with Crippen LogP contribution in [0.3, 0.4) is 0 Å². The summed E-state index contributed by atoms with van der Waals surface area (Å²) in [7, 11) is 6.30. The van der Waals surface area contributed by atoms with Crippen LogP contribution in [0.15, 0.2) is 37.7 Å². The van der Waals surface area contributed by atoms with Gasteiger partial charge in [-0.25, -0.2) is 29.5 Å². The smallest absolute Gasteiger partial charge is 0.407 e. The van der Waals surface area contributed by atoms with Crippen LogP contribution in [0.2, 0.25) is 0 Å². The zero-order valence-corrected chi connectivity index (χ0v) is 38.1. The van der Waals surface area contributed by atoms with Gasteiger partial charge >= 0.3 is 12.2 Å². The lowest BCUT2D eigenvalue weighted by Crippen LogP contribution is -2.43. The molecule has 0 saturated heterocycles. The zero-order valence-electron chi connectivity index (χ0n) is 38.1. The lowest BCUT2D eigenvalue weighted by atomic mass is 9.91. The first kappa shape index (κ1) is 46.2. The lowest BCUT2D eigenvalue weighted by molar-refractivity contribution is 0.0142. The SMILES string of the molecule is COC(=O)N[C@H]1C[C@@H](n2cnc3c(NC4CCC(Nc5nc(NCCc6cn(C)cn6)nc6c5ncn6[C@@H]5C[C@H](NC(=O)OC)[C@@H](O)[C@H]5O)CC4)nc(NCCc4cn(C)cn4)nc32)[C@H](O)[C@@H]1O. The van der Waals surface area contributed by atoms with Gasteiger partial charge in [0.1, 0.15) is 24.4 Å². The molecule has 26 heteroatoms. The molecule has 0 unspecified atom stereocenters. The van der Waals surface area contributed by atoms with Crippen molar-refractivity contribution < 1.29 is 39.5 Å². The standard InChI is InChI=1S/C42H58N18O8/c1-57-15-23(45-17-57)9-11-43-39-53-35(29-37(55-39)59(19-47-29)27-13-25(31(61)33(27)63)51-41(65)67-3)49-21-5-7-22(8-6-21)50-36-30-38(56-40(54-36)44-12-10-24-16-58(2)18-46-24)60(20-48-30)28-14-26(32(62)34(28)64)52-42(66)68-4/h15-22,25-28,31-34,61-64H,5-14H2,1-4H3,(H,51,65)(H,52,66)(H2,43,49,53,55)(H2,44,50,54,56)/t21?,22?,25-,26-,27+,28+,31+,32+,33-,34-/m0/s1. The molecule has 0 aliphatic heterocycles. The average Bonchev–Trinajstić information content (AvgIpc) is 4.21. The Labute approximate surface area is 389 Å². The van der Waals surface area contributed by atoms with Crippen molar-refractivity contribution in [3.63, 3.8) is 0 Å². The van der Waals surface area contributed by atoms with E-state index in [0.717, 1.165) is 37.1 Å². The van der Waals surface area contributed by atoms with E-state index in [2.05, 4.69) is 41.9 Å². The molecule has 6 aromatic rings. The van der Waals surface area contributed by atoms with Crippen molar-refractivity contribution in [1.29, 1.82) is 0 Å². The second-order valence-corrected chi connectivity index (χ2v) is 17.7. The van der Waals surface area contributed by atoms with Crippen LogP contribution in [0, 0.1) is 0 Å². The molecule has 68 heavy (non-hydrogen) atoms. The minimum absolute atomic E-state index is 0.000440. The fourth-order valence-corrected chi connectivity index (χ4v) is 9.52. The molecule has 10 N–H and O–H groups in total. The van der Waals surface area contributed by atoms with Crippen LogP contribution in [0.1, 0.15) is 62.0 Å². The highest BCUT2D eigenvalue weighted by atomic mass is 16.5. The van der Waals surface area contributed by atoms with Gasteiger partial charge in [0.05, 0.1) is 75.1 Å². The molecule has 0 spiro atoms. The summed E-state index contributed by atoms with van der Waals surface area (Å²) >= 11 is 0. The van der Waals surface area contributed by atoms with E-state index in [1.54, 1.807) is 34.4 Å². The van der Waals surface area contributed by atoms with Crippen molar-refractivity contribution in [2.45, 2.75) is 112 Å². The van der Waals surface area contributed by atoms with Crippen molar-refractivity contribution in [1.82, 2.24) is 68.8 Å². The number of aliphatic hydroxyl groups excluding tert-OH is 4. The maximum atomic E-state index is 12.0. The van der Waals surface area contributed by atoms with Gasteiger partial charge in [-0.05, 0) is 38.5 Å². The van der Waals surface area contributed by atoms with E-state index in [-0.39, 0.29) is 24.9 Å². The minimum atomic E-state index is -1.25. The Morgan fingerprint density at radius 3 is 1.38 bits per heavy atom. The number of imidazole rings is 4. The van der Waals surface area contributed by atoms with Crippen molar-refractivity contribution in [2.24, 2.45) is 14.1 Å². The topological polar surface area (TPSA) is 329 Å². The Bertz CT molecular complexity index is 2530. The minimum Gasteiger partial charge on any atom is -0.453 e. The first-order valence-corrected chi connectivity index (χ1v) is 22.7. The molecule has 6 heterocycles. The van der Waals surface area contributed by atoms with Crippen LogP contribution in [0.5, 0.6) is 0 Å². The third kappa shape index (κ3) is 9.74. The summed E-state index contributed by atoms with van der Waals surface area (Å²) in [5.74, 6) is 1.71. The Morgan fingerprint density at radius 2 is 1.01 bits per heavy atom. The van der Waals surface area contributed by atoms with Gasteiger partial charge in [0.15, 0.2) is 34.0 Å². The van der Waals surface area contributed by atoms with Crippen LogP contribution in [-0.2, 0) is 36.4 Å². The molecule has 8 atom stereocenters. The molecule has 3 saturated carbocycles. The van der Waals surface area contributed by atoms with E-state index in [1.165, 1.54) is 14.2 Å². The van der Waals surface area contributed by atoms with E-state index < -0.39 is 60.8 Å². The van der Waals surface area contributed by atoms with Crippen LogP contribution >= 0.6 is 0 Å². The monoisotopic (exact) mass is 942 g/mol. The maximum absolute atomic E-state index is 12.0. The Morgan fingerprint density at radius 1 is 0.603 bits per heavy atom. The number of nitrogens with zero attached hydrogens (tertiary/aromatic N) is 12. The molecule has 364 valence electrons. The highest BCUT2D eigenvalue weighted by Gasteiger charge is 2.45. The molecule has 6 aromatic heterocycles. The van der Waals surface area contributed by atoms with Gasteiger partial charge in [0.25, 0.3) is 0 Å². The fraction of sp³-hybridized carbons (Fsp3) is 0.571. The molecule has 3 aliphatic rings. The molecule has 0 radical (unpaired) electrons. The first-order chi connectivity index (χ1) is 32.8. The zero-order chi connectivity index (χ0) is 47.6. The number of aromatic nitrogens is 12. The third-order valence-corrected chi connectivity index (χ3v) is 13.1. The third-order valence-electron chi connectivity index (χ3n) is 13.1. The number of hydrogen-bond donors (Lipinski definition) is 10. The van der Waals surface area contributed by atoms with Gasteiger partial charge in [0.2, 0.25) is 11.9 Å². The number of amides is 2. The predicted molar refractivity (Wildman–Crippen MR) is 245 cm³/mol. The number of anilines is 4. The summed E-state index contributed by atoms with van der Waals surface area (Å²) in [6.45, 7) is 0.990. The number of nitrogens with one attached hydrogen (secondary N) is 6. The van der Waals surface area contributed by atoms with Gasteiger partial charge in [-0.15, -0.1) is 0 Å². The number of alkyl carbamates (subject to hydrolysis) is 2. The molecule has 3 fully saturated rings. The molecule has 3 aliphatic carbocycles. The molecular formula is C42H58N18O8. The molecule has 0 bridgehead atoms. The van der Waals surface area contributed by atoms with E-state index in [9.17, 15) is 30.0 Å². The molecule has 2 amide bonds. The number of rotatable bonds is 16. The predicted octanol–water partition coefficient (Wildman–Crippen LogP) is 0.360. The van der Waals surface area contributed by atoms with Gasteiger partial charge in [-0.2, -0.15) is 19.9 Å². The first-order valence-electron chi connectivity index (χ1n) is 22.7. The van der Waals surface area contributed by atoms with E-state index >= 15 is 0 Å². The second-order valence-electron chi connectivity index (χ2n) is 17.7. The summed E-state index contributed by atoms with van der Waals surface area (Å²) in [5.41, 5.74) is 3.67. The number of hydrogen-bond acceptors (Lipinski definition) is 20. The number of carbonyl (C=O) groups is 2. The molecule has 0 aromatic carbocycles. The Balaban J connectivity index is 0.926. The largest absolute Gasteiger partial charge is 0.453 e. The quantitative estimate of drug-likeness (QED) is 0.0626. The Hall–Kier alpha value is -6.90. The van der Waals surface area contributed by atoms with E-state index in [1.807, 2.05) is 35.6 Å². The number of carbonyl (C=O) groups excluding carboxylic acids is 2. The number of methoxy groups -OCH3 is 2. The van der Waals surface area contributed by atoms with Crippen LogP contribution in [0.4, 0.5) is 33.1 Å². The molecule has 26 nitrogen and oxygen atoms in total. The van der Waals surface area contributed by atoms with Crippen LogP contribution in [0.25, 0.3) is 22.3 Å². The van der Waals surface area contributed by atoms with Crippen molar-refractivity contribution in [2.75, 3.05) is 48.6 Å². The number of aliphatic hydroxyl groups is 4. The lowest BCUT2D eigenvalue weighted by Gasteiger charge is -2.30. The van der Waals surface area contributed by atoms with Crippen LogP contribution in [-0.4, -0.2) is 167 Å². The van der Waals surface area contributed by atoms with E-state index in [0.29, 0.717) is 71.8 Å². The van der Waals surface area contributed by atoms with Gasteiger partial charge in [-0.1, -0.05) is 0 Å². The highest BCUT2D eigenvalue weighted by Crippen LogP contribution is 2.37. The Kier molecular flexibility index (Phi) is 13.4. The second kappa shape index (κ2) is 19.7. The summed E-state index contributed by atoms with van der Waals surface area (Å²) in [4.78, 5) is 61.7. The summed E-state index contributed by atoms with van der Waals surface area (Å²) in [5, 5.41) is 63.3. The molecule has 9 rings (SSSR count). The number of aryl methyl sites for hydroxylation is 2.